The van der Waals surface area contributed by atoms with Gasteiger partial charge in [0.05, 0.1) is 0 Å². The molecule has 1 saturated heterocycles. The van der Waals surface area contributed by atoms with E-state index in [4.69, 9.17) is 5.73 Å². The lowest BCUT2D eigenvalue weighted by Gasteiger charge is -2.52. The third kappa shape index (κ3) is 3.72. The lowest BCUT2D eigenvalue weighted by molar-refractivity contribution is -0.0139. The monoisotopic (exact) mass is 266 g/mol. The highest BCUT2D eigenvalue weighted by atomic mass is 15.2. The molecule has 112 valence electrons. The second kappa shape index (κ2) is 5.37. The van der Waals surface area contributed by atoms with Gasteiger partial charge in [-0.25, -0.2) is 0 Å². The maximum absolute atomic E-state index is 6.06. The molecule has 2 fully saturated rings. The minimum Gasteiger partial charge on any atom is -0.329 e. The van der Waals surface area contributed by atoms with E-state index in [9.17, 15) is 0 Å². The van der Waals surface area contributed by atoms with Crippen LogP contribution in [0.25, 0.3) is 0 Å². The van der Waals surface area contributed by atoms with E-state index in [1.54, 1.807) is 0 Å². The summed E-state index contributed by atoms with van der Waals surface area (Å²) in [6, 6.07) is 1.37. The van der Waals surface area contributed by atoms with Crippen LogP contribution < -0.4 is 5.73 Å². The molecule has 2 aliphatic rings. The molecule has 2 atom stereocenters. The van der Waals surface area contributed by atoms with Crippen LogP contribution in [0.5, 0.6) is 0 Å². The van der Waals surface area contributed by atoms with Crippen molar-refractivity contribution in [1.82, 2.24) is 4.90 Å². The van der Waals surface area contributed by atoms with Gasteiger partial charge >= 0.3 is 0 Å². The van der Waals surface area contributed by atoms with Crippen LogP contribution in [0.4, 0.5) is 0 Å². The SMILES string of the molecule is CC1CCN(C2CC(C)(C)CC(C)(C)C2)C(CN)C1. The molecular weight excluding hydrogens is 232 g/mol. The van der Waals surface area contributed by atoms with Crippen LogP contribution >= 0.6 is 0 Å². The van der Waals surface area contributed by atoms with Crippen molar-refractivity contribution in [1.29, 1.82) is 0 Å². The molecule has 0 radical (unpaired) electrons. The zero-order valence-corrected chi connectivity index (χ0v) is 13.7. The van der Waals surface area contributed by atoms with E-state index in [1.165, 1.54) is 38.6 Å². The van der Waals surface area contributed by atoms with Gasteiger partial charge in [0.1, 0.15) is 0 Å². The van der Waals surface area contributed by atoms with Crippen LogP contribution in [0.3, 0.4) is 0 Å². The van der Waals surface area contributed by atoms with Gasteiger partial charge in [-0.2, -0.15) is 0 Å². The molecule has 0 bridgehead atoms. The molecule has 0 amide bonds. The molecule has 0 aromatic carbocycles. The molecule has 2 unspecified atom stereocenters. The molecule has 1 aliphatic heterocycles. The first kappa shape index (κ1) is 15.3. The zero-order chi connectivity index (χ0) is 14.3. The fourth-order valence-electron chi connectivity index (χ4n) is 5.00. The average molecular weight is 266 g/mol. The molecule has 1 saturated carbocycles. The first-order chi connectivity index (χ1) is 8.72. The van der Waals surface area contributed by atoms with E-state index in [0.29, 0.717) is 16.9 Å². The minimum absolute atomic E-state index is 0.481. The molecule has 1 aliphatic carbocycles. The van der Waals surface area contributed by atoms with Gasteiger partial charge in [-0.15, -0.1) is 0 Å². The largest absolute Gasteiger partial charge is 0.329 e. The number of likely N-dealkylation sites (tertiary alicyclic amines) is 1. The first-order valence-corrected chi connectivity index (χ1v) is 8.18. The van der Waals surface area contributed by atoms with Gasteiger partial charge in [0, 0.05) is 18.6 Å². The van der Waals surface area contributed by atoms with E-state index in [2.05, 4.69) is 39.5 Å². The Morgan fingerprint density at radius 1 is 1.11 bits per heavy atom. The van der Waals surface area contributed by atoms with Crippen molar-refractivity contribution in [3.05, 3.63) is 0 Å². The molecule has 0 spiro atoms. The lowest BCUT2D eigenvalue weighted by atomic mass is 9.63. The molecular formula is C17H34N2. The average Bonchev–Trinajstić information content (AvgIpc) is 2.24. The summed E-state index contributed by atoms with van der Waals surface area (Å²) in [5.74, 6) is 0.856. The molecule has 2 heteroatoms. The Labute approximate surface area is 120 Å². The summed E-state index contributed by atoms with van der Waals surface area (Å²) >= 11 is 0. The van der Waals surface area contributed by atoms with Crippen LogP contribution in [-0.2, 0) is 0 Å². The van der Waals surface area contributed by atoms with Gasteiger partial charge in [-0.1, -0.05) is 34.6 Å². The minimum atomic E-state index is 0.481. The topological polar surface area (TPSA) is 29.3 Å². The molecule has 19 heavy (non-hydrogen) atoms. The fourth-order valence-corrected chi connectivity index (χ4v) is 5.00. The Bertz CT molecular complexity index is 292. The van der Waals surface area contributed by atoms with Crippen molar-refractivity contribution in [2.75, 3.05) is 13.1 Å². The van der Waals surface area contributed by atoms with Crippen molar-refractivity contribution in [2.45, 2.75) is 78.8 Å². The molecule has 0 aromatic rings. The van der Waals surface area contributed by atoms with Gasteiger partial charge in [-0.3, -0.25) is 4.90 Å². The summed E-state index contributed by atoms with van der Waals surface area (Å²) in [6.07, 6.45) is 6.71. The Morgan fingerprint density at radius 3 is 2.21 bits per heavy atom. The molecule has 2 rings (SSSR count). The van der Waals surface area contributed by atoms with Crippen LogP contribution in [0.15, 0.2) is 0 Å². The Kier molecular flexibility index (Phi) is 4.32. The molecule has 1 heterocycles. The van der Waals surface area contributed by atoms with Crippen LogP contribution in [-0.4, -0.2) is 30.1 Å². The number of nitrogens with two attached hydrogens (primary N) is 1. The normalized spacial score (nSPS) is 36.3. The summed E-state index contributed by atoms with van der Waals surface area (Å²) in [6.45, 7) is 14.3. The first-order valence-electron chi connectivity index (χ1n) is 8.18. The lowest BCUT2D eigenvalue weighted by Crippen LogP contribution is -2.55. The van der Waals surface area contributed by atoms with Crippen LogP contribution in [0, 0.1) is 16.7 Å². The number of piperidine rings is 1. The highest BCUT2D eigenvalue weighted by Gasteiger charge is 2.42. The van der Waals surface area contributed by atoms with E-state index < -0.39 is 0 Å². The highest BCUT2D eigenvalue weighted by molar-refractivity contribution is 4.96. The Morgan fingerprint density at radius 2 is 1.68 bits per heavy atom. The van der Waals surface area contributed by atoms with E-state index in [-0.39, 0.29) is 0 Å². The summed E-state index contributed by atoms with van der Waals surface area (Å²) in [4.78, 5) is 2.77. The van der Waals surface area contributed by atoms with Crippen molar-refractivity contribution in [3.63, 3.8) is 0 Å². The number of rotatable bonds is 2. The number of hydrogen-bond acceptors (Lipinski definition) is 2. The van der Waals surface area contributed by atoms with Crippen molar-refractivity contribution < 1.29 is 0 Å². The summed E-state index contributed by atoms with van der Waals surface area (Å²) in [7, 11) is 0. The van der Waals surface area contributed by atoms with E-state index in [0.717, 1.165) is 18.5 Å². The van der Waals surface area contributed by atoms with Gasteiger partial charge < -0.3 is 5.73 Å². The highest BCUT2D eigenvalue weighted by Crippen LogP contribution is 2.48. The number of nitrogens with zero attached hydrogens (tertiary/aromatic N) is 1. The standard InChI is InChI=1S/C17H34N2/c1-13-6-7-19(14(8-13)11-18)15-9-16(2,3)12-17(4,5)10-15/h13-15H,6-12,18H2,1-5H3. The molecule has 0 aromatic heterocycles. The fraction of sp³-hybridized carbons (Fsp3) is 1.00. The van der Waals surface area contributed by atoms with Gasteiger partial charge in [-0.05, 0) is 55.4 Å². The van der Waals surface area contributed by atoms with Gasteiger partial charge in [0.2, 0.25) is 0 Å². The summed E-state index contributed by atoms with van der Waals surface area (Å²) < 4.78 is 0. The summed E-state index contributed by atoms with van der Waals surface area (Å²) in [5, 5.41) is 0. The molecule has 2 nitrogen and oxygen atoms in total. The predicted octanol–water partition coefficient (Wildman–Crippen LogP) is 3.65. The second-order valence-electron chi connectivity index (χ2n) is 8.82. The Hall–Kier alpha value is -0.0800. The van der Waals surface area contributed by atoms with Crippen molar-refractivity contribution in [3.8, 4) is 0 Å². The maximum Gasteiger partial charge on any atom is 0.0223 e. The molecule has 2 N–H and O–H groups in total. The third-order valence-electron chi connectivity index (χ3n) is 5.30. The van der Waals surface area contributed by atoms with Crippen LogP contribution in [0.1, 0.15) is 66.7 Å². The Balaban J connectivity index is 2.11. The van der Waals surface area contributed by atoms with E-state index in [1.807, 2.05) is 0 Å². The quantitative estimate of drug-likeness (QED) is 0.826. The van der Waals surface area contributed by atoms with E-state index >= 15 is 0 Å². The second-order valence-corrected chi connectivity index (χ2v) is 8.82. The summed E-state index contributed by atoms with van der Waals surface area (Å²) in [5.41, 5.74) is 7.02. The zero-order valence-electron chi connectivity index (χ0n) is 13.7. The van der Waals surface area contributed by atoms with Gasteiger partial charge in [0.15, 0.2) is 0 Å². The number of hydrogen-bond donors (Lipinski definition) is 1. The van der Waals surface area contributed by atoms with Gasteiger partial charge in [0.25, 0.3) is 0 Å². The van der Waals surface area contributed by atoms with Crippen molar-refractivity contribution in [2.24, 2.45) is 22.5 Å². The predicted molar refractivity (Wildman–Crippen MR) is 83.1 cm³/mol. The third-order valence-corrected chi connectivity index (χ3v) is 5.30. The van der Waals surface area contributed by atoms with Crippen molar-refractivity contribution >= 4 is 0 Å². The maximum atomic E-state index is 6.06. The van der Waals surface area contributed by atoms with Crippen LogP contribution in [0.2, 0.25) is 0 Å². The smallest absolute Gasteiger partial charge is 0.0223 e.